The van der Waals surface area contributed by atoms with Crippen molar-refractivity contribution in [1.29, 1.82) is 0 Å². The van der Waals surface area contributed by atoms with Gasteiger partial charge in [0.05, 0.1) is 19.4 Å². The molecular weight excluding hydrogens is 300 g/mol. The van der Waals surface area contributed by atoms with E-state index in [0.717, 1.165) is 31.2 Å². The minimum absolute atomic E-state index is 0.235. The first-order chi connectivity index (χ1) is 11.8. The lowest BCUT2D eigenvalue weighted by atomic mass is 10.1. The van der Waals surface area contributed by atoms with Gasteiger partial charge in [0.1, 0.15) is 17.7 Å². The number of para-hydroxylation sites is 1. The van der Waals surface area contributed by atoms with Crippen LogP contribution in [-0.2, 0) is 6.54 Å². The van der Waals surface area contributed by atoms with Crippen molar-refractivity contribution in [3.8, 4) is 5.75 Å². The van der Waals surface area contributed by atoms with E-state index in [2.05, 4.69) is 40.0 Å². The van der Waals surface area contributed by atoms with Gasteiger partial charge in [0.25, 0.3) is 0 Å². The molecule has 2 aromatic heterocycles. The average molecular weight is 320 g/mol. The Labute approximate surface area is 141 Å². The predicted octanol–water partition coefficient (Wildman–Crippen LogP) is 2.90. The van der Waals surface area contributed by atoms with Crippen molar-refractivity contribution in [2.24, 2.45) is 0 Å². The molecule has 0 N–H and O–H groups in total. The minimum Gasteiger partial charge on any atom is -0.486 e. The highest BCUT2D eigenvalue weighted by molar-refractivity contribution is 5.43. The molecule has 1 aliphatic heterocycles. The van der Waals surface area contributed by atoms with Crippen LogP contribution in [0.3, 0.4) is 0 Å². The van der Waals surface area contributed by atoms with Crippen LogP contribution in [0, 0.1) is 6.92 Å². The molecule has 5 heteroatoms. The largest absolute Gasteiger partial charge is 0.486 e. The van der Waals surface area contributed by atoms with Crippen molar-refractivity contribution >= 4 is 5.82 Å². The van der Waals surface area contributed by atoms with E-state index in [1.165, 1.54) is 11.1 Å². The number of hydrogen-bond acceptors (Lipinski definition) is 4. The Kier molecular flexibility index (Phi) is 3.91. The van der Waals surface area contributed by atoms with Gasteiger partial charge >= 0.3 is 0 Å². The molecule has 3 heterocycles. The number of hydrogen-bond donors (Lipinski definition) is 0. The zero-order valence-electron chi connectivity index (χ0n) is 13.7. The lowest BCUT2D eigenvalue weighted by Gasteiger charge is -2.40. The number of aryl methyl sites for hydroxylation is 1. The number of rotatable bonds is 5. The van der Waals surface area contributed by atoms with Crippen LogP contribution in [0.15, 0.2) is 61.3 Å². The first-order valence-electron chi connectivity index (χ1n) is 8.16. The Morgan fingerprint density at radius 3 is 2.75 bits per heavy atom. The molecular formula is C19H20N4O. The lowest BCUT2D eigenvalue weighted by molar-refractivity contribution is 0.166. The third kappa shape index (κ3) is 3.11. The second-order valence-corrected chi connectivity index (χ2v) is 6.17. The topological polar surface area (TPSA) is 43.2 Å². The summed E-state index contributed by atoms with van der Waals surface area (Å²) in [5.41, 5.74) is 2.35. The van der Waals surface area contributed by atoms with Crippen LogP contribution in [0.1, 0.15) is 11.1 Å². The predicted molar refractivity (Wildman–Crippen MR) is 93.4 cm³/mol. The number of nitrogens with zero attached hydrogens (tertiary/aromatic N) is 4. The first-order valence-corrected chi connectivity index (χ1v) is 8.16. The van der Waals surface area contributed by atoms with Crippen molar-refractivity contribution in [2.45, 2.75) is 19.6 Å². The summed E-state index contributed by atoms with van der Waals surface area (Å²) in [6.07, 6.45) is 7.73. The van der Waals surface area contributed by atoms with Gasteiger partial charge in [-0.15, -0.1) is 0 Å². The van der Waals surface area contributed by atoms with E-state index in [4.69, 9.17) is 4.74 Å². The highest BCUT2D eigenvalue weighted by atomic mass is 16.5. The molecule has 0 spiro atoms. The molecule has 0 aliphatic carbocycles. The zero-order chi connectivity index (χ0) is 16.4. The Morgan fingerprint density at radius 2 is 2.04 bits per heavy atom. The molecule has 0 radical (unpaired) electrons. The van der Waals surface area contributed by atoms with Crippen molar-refractivity contribution in [3.63, 3.8) is 0 Å². The fourth-order valence-electron chi connectivity index (χ4n) is 2.86. The molecule has 0 unspecified atom stereocenters. The van der Waals surface area contributed by atoms with E-state index in [1.54, 1.807) is 6.20 Å². The van der Waals surface area contributed by atoms with Gasteiger partial charge in [-0.2, -0.15) is 0 Å². The molecule has 4 rings (SSSR count). The van der Waals surface area contributed by atoms with Crippen LogP contribution in [0.5, 0.6) is 5.75 Å². The Hall–Kier alpha value is -2.82. The van der Waals surface area contributed by atoms with Gasteiger partial charge < -0.3 is 14.2 Å². The van der Waals surface area contributed by atoms with Crippen molar-refractivity contribution < 1.29 is 4.74 Å². The van der Waals surface area contributed by atoms with Gasteiger partial charge in [0.2, 0.25) is 0 Å². The molecule has 24 heavy (non-hydrogen) atoms. The number of aromatic nitrogens is 3. The number of pyridine rings is 1. The molecule has 0 saturated carbocycles. The van der Waals surface area contributed by atoms with Crippen LogP contribution >= 0.6 is 0 Å². The maximum atomic E-state index is 6.05. The molecule has 0 bridgehead atoms. The average Bonchev–Trinajstić information content (AvgIpc) is 3.06. The summed E-state index contributed by atoms with van der Waals surface area (Å²) in [4.78, 5) is 10.9. The summed E-state index contributed by atoms with van der Waals surface area (Å²) in [7, 11) is 0. The van der Waals surface area contributed by atoms with Gasteiger partial charge in [0.15, 0.2) is 0 Å². The zero-order valence-corrected chi connectivity index (χ0v) is 13.7. The van der Waals surface area contributed by atoms with Gasteiger partial charge in [0, 0.05) is 25.1 Å². The molecule has 0 amide bonds. The molecule has 3 aromatic rings. The molecule has 1 fully saturated rings. The van der Waals surface area contributed by atoms with Crippen molar-refractivity contribution in [3.05, 3.63) is 72.4 Å². The molecule has 1 saturated heterocycles. The van der Waals surface area contributed by atoms with Crippen molar-refractivity contribution in [1.82, 2.24) is 14.5 Å². The standard InChI is InChI=1S/C19H20N4O/c1-15-4-2-3-5-18(15)24-17-12-23(13-17)19-7-6-16(10-21-19)11-22-9-8-20-14-22/h2-10,14,17H,11-13H2,1H3. The van der Waals surface area contributed by atoms with Crippen LogP contribution in [0.4, 0.5) is 5.82 Å². The summed E-state index contributed by atoms with van der Waals surface area (Å²) >= 11 is 0. The summed E-state index contributed by atoms with van der Waals surface area (Å²) in [5.74, 6) is 1.99. The van der Waals surface area contributed by atoms with E-state index in [1.807, 2.05) is 41.5 Å². The Balaban J connectivity index is 1.33. The molecule has 5 nitrogen and oxygen atoms in total. The minimum atomic E-state index is 0.235. The van der Waals surface area contributed by atoms with Crippen LogP contribution in [0.25, 0.3) is 0 Å². The highest BCUT2D eigenvalue weighted by Gasteiger charge is 2.29. The van der Waals surface area contributed by atoms with Gasteiger partial charge in [-0.25, -0.2) is 9.97 Å². The van der Waals surface area contributed by atoms with E-state index < -0.39 is 0 Å². The number of anilines is 1. The second kappa shape index (κ2) is 6.35. The summed E-state index contributed by atoms with van der Waals surface area (Å²) < 4.78 is 8.08. The smallest absolute Gasteiger partial charge is 0.134 e. The third-order valence-corrected chi connectivity index (χ3v) is 4.29. The molecule has 0 atom stereocenters. The van der Waals surface area contributed by atoms with Gasteiger partial charge in [-0.3, -0.25) is 0 Å². The normalized spacial score (nSPS) is 14.5. The lowest BCUT2D eigenvalue weighted by Crippen LogP contribution is -2.54. The fourth-order valence-corrected chi connectivity index (χ4v) is 2.86. The van der Waals surface area contributed by atoms with E-state index in [0.29, 0.717) is 0 Å². The second-order valence-electron chi connectivity index (χ2n) is 6.17. The number of benzene rings is 1. The summed E-state index contributed by atoms with van der Waals surface area (Å²) in [6, 6.07) is 12.4. The fraction of sp³-hybridized carbons (Fsp3) is 0.263. The summed E-state index contributed by atoms with van der Waals surface area (Å²) in [6.45, 7) is 4.63. The SMILES string of the molecule is Cc1ccccc1OC1CN(c2ccc(Cn3ccnc3)cn2)C1. The quantitative estimate of drug-likeness (QED) is 0.725. The van der Waals surface area contributed by atoms with Crippen LogP contribution in [-0.4, -0.2) is 33.7 Å². The van der Waals surface area contributed by atoms with Gasteiger partial charge in [-0.1, -0.05) is 24.3 Å². The molecule has 122 valence electrons. The molecule has 1 aromatic carbocycles. The maximum absolute atomic E-state index is 6.05. The number of imidazole rings is 1. The van der Waals surface area contributed by atoms with E-state index in [-0.39, 0.29) is 6.10 Å². The van der Waals surface area contributed by atoms with E-state index in [9.17, 15) is 0 Å². The Bertz CT molecular complexity index is 792. The molecule has 1 aliphatic rings. The van der Waals surface area contributed by atoms with Crippen molar-refractivity contribution in [2.75, 3.05) is 18.0 Å². The number of ether oxygens (including phenoxy) is 1. The van der Waals surface area contributed by atoms with Crippen LogP contribution < -0.4 is 9.64 Å². The van der Waals surface area contributed by atoms with E-state index >= 15 is 0 Å². The highest BCUT2D eigenvalue weighted by Crippen LogP contribution is 2.24. The Morgan fingerprint density at radius 1 is 1.17 bits per heavy atom. The first kappa shape index (κ1) is 14.8. The monoisotopic (exact) mass is 320 g/mol. The van der Waals surface area contributed by atoms with Gasteiger partial charge in [-0.05, 0) is 30.2 Å². The summed E-state index contributed by atoms with van der Waals surface area (Å²) in [5, 5.41) is 0. The maximum Gasteiger partial charge on any atom is 0.134 e. The third-order valence-electron chi connectivity index (χ3n) is 4.29. The van der Waals surface area contributed by atoms with Crippen LogP contribution in [0.2, 0.25) is 0 Å².